The Balaban J connectivity index is 4.18. The van der Waals surface area contributed by atoms with Crippen molar-refractivity contribution >= 4 is 24.0 Å². The minimum absolute atomic E-state index is 0.828. The van der Waals surface area contributed by atoms with Crippen LogP contribution >= 0.6 is 19.8 Å². The second-order valence-corrected chi connectivity index (χ2v) is 7.28. The van der Waals surface area contributed by atoms with Gasteiger partial charge in [0, 0.05) is 0 Å². The molecule has 0 radical (unpaired) electrons. The molecule has 0 aliphatic carbocycles. The van der Waals surface area contributed by atoms with Crippen LogP contribution in [0.15, 0.2) is 42.1 Å². The van der Waals surface area contributed by atoms with E-state index in [1.165, 1.54) is 0 Å². The fourth-order valence-electron chi connectivity index (χ4n) is 0.438. The first-order valence-electron chi connectivity index (χ1n) is 3.18. The van der Waals surface area contributed by atoms with E-state index in [9.17, 15) is 0 Å². The molecule has 0 aromatic rings. The Labute approximate surface area is 76.0 Å². The second kappa shape index (κ2) is 6.34. The molecule has 0 amide bonds. The topological polar surface area (TPSA) is 12.4 Å². The Hall–Kier alpha value is -0.380. The molecule has 62 valence electrons. The summed E-state index contributed by atoms with van der Waals surface area (Å²) in [7, 11) is 0. The van der Waals surface area contributed by atoms with Crippen molar-refractivity contribution in [1.82, 2.24) is 0 Å². The van der Waals surface area contributed by atoms with Crippen LogP contribution in [0.3, 0.4) is 0 Å². The second-order valence-electron chi connectivity index (χ2n) is 2.07. The van der Waals surface area contributed by atoms with Crippen molar-refractivity contribution in [2.24, 2.45) is 4.99 Å². The summed E-state index contributed by atoms with van der Waals surface area (Å²) in [5.74, 6) is 0. The third kappa shape index (κ3) is 6.04. The molecule has 0 aromatic carbocycles. The molecule has 0 heterocycles. The molecule has 0 atom stereocenters. The molecule has 11 heavy (non-hydrogen) atoms. The number of aliphatic imine (C=N–C) groups is 1. The van der Waals surface area contributed by atoms with Gasteiger partial charge in [0.2, 0.25) is 0 Å². The molecule has 2 heteroatoms. The van der Waals surface area contributed by atoms with Crippen LogP contribution in [0.1, 0.15) is 0 Å². The first kappa shape index (κ1) is 10.6. The molecular weight excluding hydrogens is 249 g/mol. The van der Waals surface area contributed by atoms with Gasteiger partial charge in [0.05, 0.1) is 0 Å². The Kier molecular flexibility index (Phi) is 6.12. The van der Waals surface area contributed by atoms with E-state index < -0.39 is 19.8 Å². The summed E-state index contributed by atoms with van der Waals surface area (Å²) in [6.07, 6.45) is 5.30. The monoisotopic (exact) mass is 263 g/mol. The van der Waals surface area contributed by atoms with Gasteiger partial charge in [0.15, 0.2) is 0 Å². The van der Waals surface area contributed by atoms with E-state index in [1.807, 2.05) is 10.3 Å². The van der Waals surface area contributed by atoms with Crippen molar-refractivity contribution in [1.29, 1.82) is 0 Å². The van der Waals surface area contributed by atoms with Gasteiger partial charge in [0.25, 0.3) is 0 Å². The van der Waals surface area contributed by atoms with Crippen molar-refractivity contribution in [3.05, 3.63) is 37.1 Å². The van der Waals surface area contributed by atoms with Crippen LogP contribution in [0.4, 0.5) is 0 Å². The molecule has 0 spiro atoms. The molecule has 0 saturated carbocycles. The Bertz CT molecular complexity index is 190. The van der Waals surface area contributed by atoms with E-state index >= 15 is 0 Å². The fourth-order valence-corrected chi connectivity index (χ4v) is 1.32. The molecule has 0 saturated heterocycles. The Morgan fingerprint density at radius 2 is 2.00 bits per heavy atom. The predicted octanol–water partition coefficient (Wildman–Crippen LogP) is 3.04. The van der Waals surface area contributed by atoms with Gasteiger partial charge in [-0.2, -0.15) is 0 Å². The maximum absolute atomic E-state index is 4.25. The summed E-state index contributed by atoms with van der Waals surface area (Å²) in [6, 6.07) is 0. The molecule has 1 nitrogen and oxygen atoms in total. The van der Waals surface area contributed by atoms with Gasteiger partial charge in [-0.25, -0.2) is 0 Å². The number of hydrogen-bond donors (Lipinski definition) is 0. The molecule has 0 aliphatic rings. The van der Waals surface area contributed by atoms with Crippen LogP contribution in [0.5, 0.6) is 0 Å². The summed E-state index contributed by atoms with van der Waals surface area (Å²) < 4.78 is 2.04. The summed E-state index contributed by atoms with van der Waals surface area (Å²) in [6.45, 7) is 7.24. The minimum atomic E-state index is -0.828. The zero-order valence-electron chi connectivity index (χ0n) is 7.05. The predicted molar refractivity (Wildman–Crippen MR) is 62.8 cm³/mol. The number of alkyl halides is 2. The first-order valence-corrected chi connectivity index (χ1v) is 8.74. The van der Waals surface area contributed by atoms with Gasteiger partial charge >= 0.3 is 76.0 Å². The van der Waals surface area contributed by atoms with Crippen molar-refractivity contribution in [2.75, 3.05) is 9.86 Å². The molecule has 0 aliphatic heterocycles. The molecule has 0 aromatic heterocycles. The molecule has 0 bridgehead atoms. The third-order valence-electron chi connectivity index (χ3n) is 0.891. The van der Waals surface area contributed by atoms with E-state index in [0.717, 1.165) is 5.70 Å². The standard InChI is InChI=1S/C9H14IN/c1-5-7-9(6-2)11-8-10(3)4/h5-8H,1-2H2,3-4H3/b9-7+,11-8-. The number of rotatable bonds is 4. The SMILES string of the molecule is C=C/C=C(C=C)/N=C\I(C)C. The van der Waals surface area contributed by atoms with Crippen molar-refractivity contribution in [3.63, 3.8) is 0 Å². The molecule has 0 rings (SSSR count). The van der Waals surface area contributed by atoms with Gasteiger partial charge in [-0.1, -0.05) is 0 Å². The summed E-state index contributed by atoms with van der Waals surface area (Å²) in [4.78, 5) is 8.72. The fraction of sp³-hybridized carbons (Fsp3) is 0.222. The van der Waals surface area contributed by atoms with Crippen LogP contribution in [0, 0.1) is 0 Å². The van der Waals surface area contributed by atoms with Gasteiger partial charge < -0.3 is 0 Å². The zero-order chi connectivity index (χ0) is 8.69. The van der Waals surface area contributed by atoms with Crippen molar-refractivity contribution < 1.29 is 0 Å². The van der Waals surface area contributed by atoms with Crippen LogP contribution in [-0.4, -0.2) is 14.1 Å². The zero-order valence-corrected chi connectivity index (χ0v) is 9.21. The Morgan fingerprint density at radius 3 is 2.36 bits per heavy atom. The number of allylic oxidation sites excluding steroid dienone is 3. The molecule has 0 unspecified atom stereocenters. The number of hydrogen-bond acceptors (Lipinski definition) is 1. The van der Waals surface area contributed by atoms with E-state index in [4.69, 9.17) is 0 Å². The molecular formula is C9H14IN. The van der Waals surface area contributed by atoms with Crippen LogP contribution in [-0.2, 0) is 0 Å². The molecule has 0 N–H and O–H groups in total. The van der Waals surface area contributed by atoms with Crippen molar-refractivity contribution in [3.8, 4) is 0 Å². The third-order valence-corrected chi connectivity index (χ3v) is 2.28. The first-order chi connectivity index (χ1) is 5.20. The van der Waals surface area contributed by atoms with Crippen LogP contribution in [0.25, 0.3) is 0 Å². The van der Waals surface area contributed by atoms with Gasteiger partial charge in [-0.05, 0) is 0 Å². The van der Waals surface area contributed by atoms with Crippen molar-refractivity contribution in [2.45, 2.75) is 0 Å². The average Bonchev–Trinajstić information content (AvgIpc) is 1.97. The van der Waals surface area contributed by atoms with Gasteiger partial charge in [0.1, 0.15) is 0 Å². The molecule has 0 fully saturated rings. The number of nitrogens with zero attached hydrogens (tertiary/aromatic N) is 1. The van der Waals surface area contributed by atoms with E-state index in [2.05, 4.69) is 28.0 Å². The van der Waals surface area contributed by atoms with E-state index in [1.54, 1.807) is 12.2 Å². The average molecular weight is 263 g/mol. The van der Waals surface area contributed by atoms with Gasteiger partial charge in [-0.3, -0.25) is 0 Å². The normalized spacial score (nSPS) is 13.3. The Morgan fingerprint density at radius 1 is 1.36 bits per heavy atom. The maximum atomic E-state index is 4.25. The van der Waals surface area contributed by atoms with Crippen LogP contribution < -0.4 is 0 Å². The van der Waals surface area contributed by atoms with E-state index in [-0.39, 0.29) is 0 Å². The number of halogens is 1. The van der Waals surface area contributed by atoms with E-state index in [0.29, 0.717) is 0 Å². The van der Waals surface area contributed by atoms with Gasteiger partial charge in [-0.15, -0.1) is 0 Å². The quantitative estimate of drug-likeness (QED) is 0.320. The van der Waals surface area contributed by atoms with Crippen LogP contribution in [0.2, 0.25) is 0 Å². The summed E-state index contributed by atoms with van der Waals surface area (Å²) in [5, 5.41) is 0. The summed E-state index contributed by atoms with van der Waals surface area (Å²) >= 11 is -0.828. The summed E-state index contributed by atoms with van der Waals surface area (Å²) in [5.41, 5.74) is 0.894.